The van der Waals surface area contributed by atoms with Crippen LogP contribution in [0.25, 0.3) is 11.5 Å². The molecule has 1 aromatic heterocycles. The molecule has 0 unspecified atom stereocenters. The van der Waals surface area contributed by atoms with Gasteiger partial charge in [-0.2, -0.15) is 8.78 Å². The van der Waals surface area contributed by atoms with Crippen molar-refractivity contribution in [3.63, 3.8) is 0 Å². The second kappa shape index (κ2) is 8.63. The number of carbonyl (C=O) groups excluding carboxylic acids is 1. The van der Waals surface area contributed by atoms with Crippen LogP contribution in [0, 0.1) is 5.82 Å². The summed E-state index contributed by atoms with van der Waals surface area (Å²) in [6.07, 6.45) is -0.896. The van der Waals surface area contributed by atoms with E-state index in [2.05, 4.69) is 14.9 Å². The first-order valence-electron chi connectivity index (χ1n) is 8.30. The molecule has 29 heavy (non-hydrogen) atoms. The fraction of sp³-hybridized carbons (Fsp3) is 0.211. The van der Waals surface area contributed by atoms with Crippen LogP contribution < -0.4 is 9.47 Å². The summed E-state index contributed by atoms with van der Waals surface area (Å²) in [7, 11) is 1.25. The van der Waals surface area contributed by atoms with Crippen LogP contribution in [0.3, 0.4) is 0 Å². The molecule has 0 aliphatic rings. The molecule has 152 valence electrons. The lowest BCUT2D eigenvalue weighted by atomic mass is 10.2. The molecule has 2 aromatic carbocycles. The highest BCUT2D eigenvalue weighted by Gasteiger charge is 2.21. The number of methoxy groups -OCH3 is 1. The molecular formula is C19H15F3N2O5. The maximum atomic E-state index is 13.0. The Morgan fingerprint density at radius 1 is 1.07 bits per heavy atom. The van der Waals surface area contributed by atoms with Gasteiger partial charge in [0.1, 0.15) is 5.82 Å². The average molecular weight is 408 g/mol. The maximum Gasteiger partial charge on any atom is 0.387 e. The fourth-order valence-corrected chi connectivity index (χ4v) is 2.37. The number of hydrogen-bond acceptors (Lipinski definition) is 7. The predicted octanol–water partition coefficient (Wildman–Crippen LogP) is 4.40. The Kier molecular flexibility index (Phi) is 6.01. The van der Waals surface area contributed by atoms with Crippen LogP contribution in [-0.2, 0) is 4.74 Å². The topological polar surface area (TPSA) is 83.7 Å². The zero-order chi connectivity index (χ0) is 21.0. The molecule has 0 N–H and O–H groups in total. The van der Waals surface area contributed by atoms with Crippen molar-refractivity contribution in [2.24, 2.45) is 0 Å². The van der Waals surface area contributed by atoms with Crippen LogP contribution in [0.4, 0.5) is 13.2 Å². The number of halogens is 3. The average Bonchev–Trinajstić information content (AvgIpc) is 3.18. The normalized spacial score (nSPS) is 11.9. The Balaban J connectivity index is 1.71. The number of rotatable bonds is 7. The van der Waals surface area contributed by atoms with E-state index < -0.39 is 24.5 Å². The molecule has 3 rings (SSSR count). The van der Waals surface area contributed by atoms with Gasteiger partial charge in [-0.05, 0) is 49.4 Å². The molecule has 0 radical (unpaired) electrons. The summed E-state index contributed by atoms with van der Waals surface area (Å²) in [6, 6.07) is 9.08. The molecule has 3 aromatic rings. The molecule has 0 spiro atoms. The molecule has 10 heteroatoms. The van der Waals surface area contributed by atoms with Gasteiger partial charge in [-0.3, -0.25) is 0 Å². The van der Waals surface area contributed by atoms with Gasteiger partial charge in [0.2, 0.25) is 5.89 Å². The van der Waals surface area contributed by atoms with Crippen molar-refractivity contribution in [2.75, 3.05) is 7.11 Å². The lowest BCUT2D eigenvalue weighted by Crippen LogP contribution is -2.10. The van der Waals surface area contributed by atoms with Gasteiger partial charge in [0.25, 0.3) is 5.89 Å². The number of hydrogen-bond donors (Lipinski definition) is 0. The van der Waals surface area contributed by atoms with Crippen LogP contribution in [0.5, 0.6) is 11.5 Å². The number of benzene rings is 2. The van der Waals surface area contributed by atoms with Gasteiger partial charge in [-0.1, -0.05) is 0 Å². The number of nitrogens with zero attached hydrogens (tertiary/aromatic N) is 2. The maximum absolute atomic E-state index is 13.0. The van der Waals surface area contributed by atoms with Crippen LogP contribution in [0.15, 0.2) is 46.9 Å². The van der Waals surface area contributed by atoms with E-state index in [4.69, 9.17) is 13.9 Å². The van der Waals surface area contributed by atoms with E-state index in [-0.39, 0.29) is 28.8 Å². The van der Waals surface area contributed by atoms with Crippen molar-refractivity contribution in [1.29, 1.82) is 0 Å². The minimum absolute atomic E-state index is 0.0299. The van der Waals surface area contributed by atoms with Crippen molar-refractivity contribution in [2.45, 2.75) is 19.6 Å². The molecule has 0 aliphatic carbocycles. The summed E-state index contributed by atoms with van der Waals surface area (Å²) >= 11 is 0. The summed E-state index contributed by atoms with van der Waals surface area (Å²) in [5.41, 5.74) is 0.552. The minimum Gasteiger partial charge on any atom is -0.493 e. The molecule has 0 amide bonds. The third kappa shape index (κ3) is 4.84. The van der Waals surface area contributed by atoms with Gasteiger partial charge < -0.3 is 18.6 Å². The van der Waals surface area contributed by atoms with E-state index >= 15 is 0 Å². The Morgan fingerprint density at radius 3 is 2.45 bits per heavy atom. The largest absolute Gasteiger partial charge is 0.493 e. The van der Waals surface area contributed by atoms with Crippen LogP contribution >= 0.6 is 0 Å². The Bertz CT molecular complexity index is 992. The molecule has 0 saturated heterocycles. The quantitative estimate of drug-likeness (QED) is 0.536. The summed E-state index contributed by atoms with van der Waals surface area (Å²) < 4.78 is 57.8. The Hall–Kier alpha value is -3.56. The van der Waals surface area contributed by atoms with E-state index in [1.807, 2.05) is 0 Å². The van der Waals surface area contributed by atoms with Gasteiger partial charge >= 0.3 is 12.6 Å². The lowest BCUT2D eigenvalue weighted by Gasteiger charge is -2.12. The number of carbonyl (C=O) groups is 1. The summed E-state index contributed by atoms with van der Waals surface area (Å²) in [5, 5.41) is 7.67. The summed E-state index contributed by atoms with van der Waals surface area (Å²) in [4.78, 5) is 12.3. The summed E-state index contributed by atoms with van der Waals surface area (Å²) in [5.74, 6) is -1.27. The molecule has 0 saturated carbocycles. The van der Waals surface area contributed by atoms with Crippen molar-refractivity contribution in [1.82, 2.24) is 10.2 Å². The van der Waals surface area contributed by atoms with E-state index in [1.54, 1.807) is 0 Å². The summed E-state index contributed by atoms with van der Waals surface area (Å²) in [6.45, 7) is -1.51. The van der Waals surface area contributed by atoms with E-state index in [1.165, 1.54) is 56.5 Å². The first kappa shape index (κ1) is 20.2. The van der Waals surface area contributed by atoms with Crippen molar-refractivity contribution in [3.05, 3.63) is 59.7 Å². The van der Waals surface area contributed by atoms with E-state index in [0.717, 1.165) is 0 Å². The van der Waals surface area contributed by atoms with Gasteiger partial charge in [-0.25, -0.2) is 9.18 Å². The van der Waals surface area contributed by atoms with Gasteiger partial charge in [-0.15, -0.1) is 10.2 Å². The Morgan fingerprint density at radius 2 is 1.79 bits per heavy atom. The van der Waals surface area contributed by atoms with Gasteiger partial charge in [0, 0.05) is 5.56 Å². The molecule has 1 atom stereocenters. The highest BCUT2D eigenvalue weighted by Crippen LogP contribution is 2.30. The fourth-order valence-electron chi connectivity index (χ4n) is 2.37. The standard InChI is InChI=1S/C19H15F3N2O5/c1-10(16-23-24-17(29-16)11-3-6-13(20)7-4-11)27-18(25)12-5-8-14(28-19(21)22)15(9-12)26-2/h3-10,19H,1-2H3/t10-/m1/s1. The molecule has 7 nitrogen and oxygen atoms in total. The highest BCUT2D eigenvalue weighted by atomic mass is 19.3. The third-order valence-corrected chi connectivity index (χ3v) is 3.78. The van der Waals surface area contributed by atoms with E-state index in [0.29, 0.717) is 5.56 Å². The first-order chi connectivity index (χ1) is 13.9. The molecular weight excluding hydrogens is 393 g/mol. The second-order valence-electron chi connectivity index (χ2n) is 5.74. The number of aromatic nitrogens is 2. The monoisotopic (exact) mass is 408 g/mol. The molecule has 0 aliphatic heterocycles. The third-order valence-electron chi connectivity index (χ3n) is 3.78. The Labute approximate surface area is 163 Å². The number of alkyl halides is 2. The zero-order valence-corrected chi connectivity index (χ0v) is 15.3. The van der Waals surface area contributed by atoms with Crippen molar-refractivity contribution >= 4 is 5.97 Å². The van der Waals surface area contributed by atoms with Crippen LogP contribution in [-0.4, -0.2) is 29.9 Å². The smallest absolute Gasteiger partial charge is 0.387 e. The van der Waals surface area contributed by atoms with Crippen molar-refractivity contribution in [3.8, 4) is 23.0 Å². The second-order valence-corrected chi connectivity index (χ2v) is 5.74. The predicted molar refractivity (Wildman–Crippen MR) is 93.1 cm³/mol. The molecule has 1 heterocycles. The first-order valence-corrected chi connectivity index (χ1v) is 8.30. The van der Waals surface area contributed by atoms with Gasteiger partial charge in [0.15, 0.2) is 17.6 Å². The highest BCUT2D eigenvalue weighted by molar-refractivity contribution is 5.90. The lowest BCUT2D eigenvalue weighted by molar-refractivity contribution is -0.0512. The number of esters is 1. The van der Waals surface area contributed by atoms with Gasteiger partial charge in [0.05, 0.1) is 12.7 Å². The zero-order valence-electron chi connectivity index (χ0n) is 15.3. The molecule has 0 bridgehead atoms. The number of ether oxygens (including phenoxy) is 3. The SMILES string of the molecule is COc1cc(C(=O)O[C@H](C)c2nnc(-c3ccc(F)cc3)o2)ccc1OC(F)F. The molecule has 0 fully saturated rings. The minimum atomic E-state index is -3.03. The van der Waals surface area contributed by atoms with Crippen LogP contribution in [0.1, 0.15) is 29.3 Å². The van der Waals surface area contributed by atoms with Crippen molar-refractivity contribution < 1.29 is 36.6 Å². The van der Waals surface area contributed by atoms with Crippen LogP contribution in [0.2, 0.25) is 0 Å². The van der Waals surface area contributed by atoms with E-state index in [9.17, 15) is 18.0 Å².